The number of anilines is 1. The van der Waals surface area contributed by atoms with Crippen molar-refractivity contribution in [3.8, 4) is 0 Å². The van der Waals surface area contributed by atoms with Crippen molar-refractivity contribution in [3.63, 3.8) is 0 Å². The number of rotatable bonds is 7. The van der Waals surface area contributed by atoms with E-state index >= 15 is 0 Å². The lowest BCUT2D eigenvalue weighted by Crippen LogP contribution is -2.25. The molecule has 0 saturated carbocycles. The van der Waals surface area contributed by atoms with Crippen molar-refractivity contribution in [2.75, 3.05) is 11.9 Å². The van der Waals surface area contributed by atoms with Gasteiger partial charge in [-0.1, -0.05) is 24.3 Å². The van der Waals surface area contributed by atoms with Gasteiger partial charge in [0.15, 0.2) is 0 Å². The van der Waals surface area contributed by atoms with E-state index in [9.17, 15) is 19.3 Å². The molecular weight excluding hydrogens is 313 g/mol. The number of halogens is 1. The molecule has 0 radical (unpaired) electrons. The number of benzene rings is 2. The van der Waals surface area contributed by atoms with Crippen LogP contribution in [-0.4, -0.2) is 17.4 Å². The van der Waals surface area contributed by atoms with Gasteiger partial charge in [0.05, 0.1) is 4.92 Å². The number of hydrogen-bond acceptors (Lipinski definition) is 4. The van der Waals surface area contributed by atoms with Gasteiger partial charge in [0.25, 0.3) is 5.69 Å². The summed E-state index contributed by atoms with van der Waals surface area (Å²) in [5, 5.41) is 16.5. The van der Waals surface area contributed by atoms with Gasteiger partial charge >= 0.3 is 0 Å². The van der Waals surface area contributed by atoms with Gasteiger partial charge < -0.3 is 10.6 Å². The second-order valence-electron chi connectivity index (χ2n) is 5.31. The monoisotopic (exact) mass is 331 g/mol. The molecule has 2 aromatic rings. The van der Waals surface area contributed by atoms with Gasteiger partial charge in [-0.3, -0.25) is 14.9 Å². The average molecular weight is 331 g/mol. The highest BCUT2D eigenvalue weighted by molar-refractivity contribution is 5.76. The molecule has 0 aliphatic carbocycles. The predicted molar refractivity (Wildman–Crippen MR) is 89.2 cm³/mol. The molecule has 6 nitrogen and oxygen atoms in total. The molecule has 2 rings (SSSR count). The highest BCUT2D eigenvalue weighted by Crippen LogP contribution is 2.22. The fraction of sp³-hybridized carbons (Fsp3) is 0.235. The normalized spacial score (nSPS) is 10.2. The molecule has 1 amide bonds. The maximum Gasteiger partial charge on any atom is 0.292 e. The van der Waals surface area contributed by atoms with Crippen LogP contribution in [0, 0.1) is 22.9 Å². The number of nitrogens with zero attached hydrogens (tertiary/aromatic N) is 1. The van der Waals surface area contributed by atoms with Gasteiger partial charge in [0.2, 0.25) is 5.91 Å². The van der Waals surface area contributed by atoms with Crippen LogP contribution >= 0.6 is 0 Å². The molecule has 0 atom stereocenters. The highest BCUT2D eigenvalue weighted by Gasteiger charge is 2.12. The maximum absolute atomic E-state index is 13.2. The first-order chi connectivity index (χ1) is 11.5. The summed E-state index contributed by atoms with van der Waals surface area (Å²) in [5.74, 6) is -0.471. The number of amides is 1. The van der Waals surface area contributed by atoms with Crippen molar-refractivity contribution in [1.82, 2.24) is 5.32 Å². The number of hydrogen-bond donors (Lipinski definition) is 2. The number of aryl methyl sites for hydroxylation is 1. The van der Waals surface area contributed by atoms with E-state index in [-0.39, 0.29) is 30.4 Å². The zero-order valence-electron chi connectivity index (χ0n) is 13.2. The lowest BCUT2D eigenvalue weighted by molar-refractivity contribution is -0.384. The van der Waals surface area contributed by atoms with Crippen LogP contribution in [0.25, 0.3) is 0 Å². The van der Waals surface area contributed by atoms with Crippen molar-refractivity contribution < 1.29 is 14.1 Å². The van der Waals surface area contributed by atoms with Crippen LogP contribution in [-0.2, 0) is 11.3 Å². The Morgan fingerprint density at radius 1 is 1.25 bits per heavy atom. The molecule has 0 unspecified atom stereocenters. The Balaban J connectivity index is 1.79. The summed E-state index contributed by atoms with van der Waals surface area (Å²) >= 11 is 0. The molecule has 0 fully saturated rings. The van der Waals surface area contributed by atoms with E-state index in [1.54, 1.807) is 37.3 Å². The van der Waals surface area contributed by atoms with Gasteiger partial charge in [0.1, 0.15) is 11.5 Å². The van der Waals surface area contributed by atoms with E-state index in [0.29, 0.717) is 17.8 Å². The van der Waals surface area contributed by atoms with Crippen molar-refractivity contribution in [1.29, 1.82) is 0 Å². The Hall–Kier alpha value is -2.96. The van der Waals surface area contributed by atoms with Crippen LogP contribution in [0.15, 0.2) is 42.5 Å². The number of nitrogens with one attached hydrogen (secondary N) is 2. The SMILES string of the molecule is Cc1cc(CNC(=O)CCNc2ccccc2[N+](=O)[O-])ccc1F. The first kappa shape index (κ1) is 17.4. The molecule has 126 valence electrons. The Kier molecular flexibility index (Phi) is 5.83. The Labute approximate surface area is 138 Å². The zero-order valence-corrected chi connectivity index (χ0v) is 13.2. The quantitative estimate of drug-likeness (QED) is 0.603. The molecule has 7 heteroatoms. The van der Waals surface area contributed by atoms with Crippen molar-refractivity contribution in [2.24, 2.45) is 0 Å². The summed E-state index contributed by atoms with van der Waals surface area (Å²) in [4.78, 5) is 22.2. The summed E-state index contributed by atoms with van der Waals surface area (Å²) in [6.07, 6.45) is 0.173. The minimum absolute atomic E-state index is 0.0281. The Morgan fingerprint density at radius 3 is 2.71 bits per heavy atom. The lowest BCUT2D eigenvalue weighted by Gasteiger charge is -2.08. The highest BCUT2D eigenvalue weighted by atomic mass is 19.1. The fourth-order valence-corrected chi connectivity index (χ4v) is 2.20. The minimum atomic E-state index is -0.473. The van der Waals surface area contributed by atoms with Gasteiger partial charge in [-0.2, -0.15) is 0 Å². The van der Waals surface area contributed by atoms with Crippen LogP contribution in [0.5, 0.6) is 0 Å². The van der Waals surface area contributed by atoms with Crippen LogP contribution < -0.4 is 10.6 Å². The molecular formula is C17H18FN3O3. The molecule has 0 aliphatic heterocycles. The van der Waals surface area contributed by atoms with E-state index in [0.717, 1.165) is 5.56 Å². The van der Waals surface area contributed by atoms with E-state index in [2.05, 4.69) is 10.6 Å². The van der Waals surface area contributed by atoms with E-state index in [4.69, 9.17) is 0 Å². The van der Waals surface area contributed by atoms with E-state index < -0.39 is 4.92 Å². The van der Waals surface area contributed by atoms with Gasteiger partial charge in [0, 0.05) is 25.6 Å². The third-order valence-electron chi connectivity index (χ3n) is 3.48. The third kappa shape index (κ3) is 4.77. The van der Waals surface area contributed by atoms with E-state index in [1.807, 2.05) is 0 Å². The molecule has 0 saturated heterocycles. The Morgan fingerprint density at radius 2 is 2.00 bits per heavy atom. The summed E-state index contributed by atoms with van der Waals surface area (Å²) in [6.45, 7) is 2.25. The molecule has 0 spiro atoms. The number of carbonyl (C=O) groups excluding carboxylic acids is 1. The van der Waals surface area contributed by atoms with Crippen LogP contribution in [0.1, 0.15) is 17.5 Å². The number of nitro groups is 1. The first-order valence-electron chi connectivity index (χ1n) is 7.46. The second-order valence-corrected chi connectivity index (χ2v) is 5.31. The number of carbonyl (C=O) groups is 1. The molecule has 0 bridgehead atoms. The van der Waals surface area contributed by atoms with Gasteiger partial charge in [-0.15, -0.1) is 0 Å². The second kappa shape index (κ2) is 8.05. The third-order valence-corrected chi connectivity index (χ3v) is 3.48. The standard InChI is InChI=1S/C17H18FN3O3/c1-12-10-13(6-7-14(12)18)11-20-17(22)8-9-19-15-4-2-3-5-16(15)21(23)24/h2-7,10,19H,8-9,11H2,1H3,(H,20,22). The van der Waals surface area contributed by atoms with Gasteiger partial charge in [-0.25, -0.2) is 4.39 Å². The average Bonchev–Trinajstić information content (AvgIpc) is 2.56. The van der Waals surface area contributed by atoms with Crippen molar-refractivity contribution in [2.45, 2.75) is 19.9 Å². The molecule has 0 heterocycles. The van der Waals surface area contributed by atoms with Crippen LogP contribution in [0.2, 0.25) is 0 Å². The minimum Gasteiger partial charge on any atom is -0.379 e. The van der Waals surface area contributed by atoms with Crippen molar-refractivity contribution >= 4 is 17.3 Å². The van der Waals surface area contributed by atoms with Crippen LogP contribution in [0.4, 0.5) is 15.8 Å². The molecule has 2 aromatic carbocycles. The summed E-state index contributed by atoms with van der Waals surface area (Å²) < 4.78 is 13.2. The van der Waals surface area contributed by atoms with Crippen molar-refractivity contribution in [3.05, 3.63) is 69.5 Å². The predicted octanol–water partition coefficient (Wildman–Crippen LogP) is 3.16. The topological polar surface area (TPSA) is 84.3 Å². The zero-order chi connectivity index (χ0) is 17.5. The van der Waals surface area contributed by atoms with Gasteiger partial charge in [-0.05, 0) is 30.2 Å². The largest absolute Gasteiger partial charge is 0.379 e. The molecule has 2 N–H and O–H groups in total. The molecule has 0 aromatic heterocycles. The summed E-state index contributed by atoms with van der Waals surface area (Å²) in [5.41, 5.74) is 1.69. The van der Waals surface area contributed by atoms with Crippen LogP contribution in [0.3, 0.4) is 0 Å². The number of para-hydroxylation sites is 2. The molecule has 0 aliphatic rings. The lowest BCUT2D eigenvalue weighted by atomic mass is 10.1. The Bertz CT molecular complexity index is 750. The fourth-order valence-electron chi connectivity index (χ4n) is 2.20. The number of nitro benzene ring substituents is 1. The molecule has 24 heavy (non-hydrogen) atoms. The smallest absolute Gasteiger partial charge is 0.292 e. The first-order valence-corrected chi connectivity index (χ1v) is 7.46. The van der Waals surface area contributed by atoms with E-state index in [1.165, 1.54) is 12.1 Å². The maximum atomic E-state index is 13.2. The summed E-state index contributed by atoms with van der Waals surface area (Å²) in [7, 11) is 0. The summed E-state index contributed by atoms with van der Waals surface area (Å²) in [6, 6.07) is 10.9.